The van der Waals surface area contributed by atoms with Crippen LogP contribution in [0.4, 0.5) is 5.69 Å². The highest BCUT2D eigenvalue weighted by atomic mass is 16.5. The summed E-state index contributed by atoms with van der Waals surface area (Å²) < 4.78 is 7.04. The third-order valence-corrected chi connectivity index (χ3v) is 3.95. The van der Waals surface area contributed by atoms with E-state index in [1.165, 1.54) is 6.08 Å². The van der Waals surface area contributed by atoms with Gasteiger partial charge in [-0.15, -0.1) is 0 Å². The van der Waals surface area contributed by atoms with Crippen molar-refractivity contribution in [3.8, 4) is 11.4 Å². The Hall–Kier alpha value is -3.67. The molecule has 0 spiro atoms. The van der Waals surface area contributed by atoms with Gasteiger partial charge in [-0.25, -0.2) is 4.68 Å². The van der Waals surface area contributed by atoms with Gasteiger partial charge < -0.3 is 10.1 Å². The van der Waals surface area contributed by atoms with Crippen LogP contribution in [0.5, 0.6) is 5.75 Å². The van der Waals surface area contributed by atoms with Gasteiger partial charge in [0.15, 0.2) is 12.4 Å². The van der Waals surface area contributed by atoms with Gasteiger partial charge in [-0.05, 0) is 42.5 Å². The summed E-state index contributed by atoms with van der Waals surface area (Å²) in [5.74, 6) is 0.167. The molecule has 2 heterocycles. The molecule has 1 N–H and O–H groups in total. The van der Waals surface area contributed by atoms with E-state index in [1.807, 2.05) is 36.5 Å². The lowest BCUT2D eigenvalue weighted by Crippen LogP contribution is -2.25. The van der Waals surface area contributed by atoms with Gasteiger partial charge in [-0.3, -0.25) is 9.59 Å². The fourth-order valence-electron chi connectivity index (χ4n) is 2.65. The predicted molar refractivity (Wildman–Crippen MR) is 97.5 cm³/mol. The van der Waals surface area contributed by atoms with E-state index in [2.05, 4.69) is 10.4 Å². The minimum atomic E-state index is -0.231. The quantitative estimate of drug-likeness (QED) is 0.582. The lowest BCUT2D eigenvalue weighted by atomic mass is 10.1. The molecule has 0 radical (unpaired) electrons. The number of para-hydroxylation sites is 1. The Morgan fingerprint density at radius 2 is 2.04 bits per heavy atom. The van der Waals surface area contributed by atoms with Gasteiger partial charge in [-0.1, -0.05) is 18.2 Å². The lowest BCUT2D eigenvalue weighted by Gasteiger charge is -2.17. The number of benzene rings is 2. The molecule has 1 aromatic heterocycles. The molecule has 0 aliphatic carbocycles. The second-order valence-electron chi connectivity index (χ2n) is 5.80. The monoisotopic (exact) mass is 345 g/mol. The van der Waals surface area contributed by atoms with Crippen LogP contribution in [0.15, 0.2) is 67.0 Å². The number of nitrogens with one attached hydrogen (secondary N) is 1. The summed E-state index contributed by atoms with van der Waals surface area (Å²) in [6.07, 6.45) is 6.74. The molecule has 128 valence electrons. The van der Waals surface area contributed by atoms with E-state index in [-0.39, 0.29) is 18.3 Å². The number of aromatic nitrogens is 2. The largest absolute Gasteiger partial charge is 0.482 e. The van der Waals surface area contributed by atoms with Crippen molar-refractivity contribution in [2.75, 3.05) is 11.9 Å². The number of carbonyl (C=O) groups is 2. The molecular formula is C20H15N3O3. The van der Waals surface area contributed by atoms with Crippen molar-refractivity contribution in [3.05, 3.63) is 78.1 Å². The number of allylic oxidation sites excluding steroid dienone is 1. The molecular weight excluding hydrogens is 330 g/mol. The Labute approximate surface area is 149 Å². The van der Waals surface area contributed by atoms with Crippen LogP contribution >= 0.6 is 0 Å². The molecule has 0 saturated heterocycles. The fourth-order valence-corrected chi connectivity index (χ4v) is 2.65. The molecule has 6 nitrogen and oxygen atoms in total. The van der Waals surface area contributed by atoms with Crippen LogP contribution < -0.4 is 10.1 Å². The van der Waals surface area contributed by atoms with Gasteiger partial charge in [0.25, 0.3) is 5.91 Å². The Kier molecular flexibility index (Phi) is 4.07. The van der Waals surface area contributed by atoms with Gasteiger partial charge in [-0.2, -0.15) is 5.10 Å². The molecule has 1 amide bonds. The number of nitrogens with zero attached hydrogens (tertiary/aromatic N) is 2. The standard InChI is InChI=1S/C20H15N3O3/c24-18(15-7-9-19-17(10-15)22-20(25)13-26-19)8-6-14-11-21-23(12-14)16-4-2-1-3-5-16/h1-12H,13H2,(H,22,25)/b8-6+. The lowest BCUT2D eigenvalue weighted by molar-refractivity contribution is -0.118. The summed E-state index contributed by atoms with van der Waals surface area (Å²) in [4.78, 5) is 23.8. The van der Waals surface area contributed by atoms with Crippen LogP contribution in [0.1, 0.15) is 15.9 Å². The molecule has 4 rings (SSSR count). The molecule has 1 aliphatic rings. The SMILES string of the molecule is O=C1COc2ccc(C(=O)/C=C/c3cnn(-c4ccccc4)c3)cc2N1. The second-order valence-corrected chi connectivity index (χ2v) is 5.80. The minimum absolute atomic E-state index is 0.00833. The molecule has 0 saturated carbocycles. The number of carbonyl (C=O) groups excluding carboxylic acids is 2. The molecule has 1 aliphatic heterocycles. The van der Waals surface area contributed by atoms with Crippen molar-refractivity contribution < 1.29 is 14.3 Å². The van der Waals surface area contributed by atoms with Crippen LogP contribution in [-0.4, -0.2) is 28.1 Å². The van der Waals surface area contributed by atoms with Crippen LogP contribution in [0.25, 0.3) is 11.8 Å². The first kappa shape index (κ1) is 15.8. The first-order valence-electron chi connectivity index (χ1n) is 8.08. The third kappa shape index (κ3) is 3.25. The molecule has 26 heavy (non-hydrogen) atoms. The van der Waals surface area contributed by atoms with Crippen LogP contribution in [0, 0.1) is 0 Å². The summed E-state index contributed by atoms with van der Waals surface area (Å²) in [6.45, 7) is -0.00833. The maximum atomic E-state index is 12.4. The highest BCUT2D eigenvalue weighted by Gasteiger charge is 2.17. The number of rotatable bonds is 4. The zero-order valence-corrected chi connectivity index (χ0v) is 13.8. The zero-order chi connectivity index (χ0) is 17.9. The van der Waals surface area contributed by atoms with Crippen molar-refractivity contribution in [2.45, 2.75) is 0 Å². The van der Waals surface area contributed by atoms with Gasteiger partial charge in [0, 0.05) is 17.3 Å². The van der Waals surface area contributed by atoms with Crippen LogP contribution in [0.2, 0.25) is 0 Å². The number of amides is 1. The van der Waals surface area contributed by atoms with Crippen molar-refractivity contribution in [1.82, 2.24) is 9.78 Å². The summed E-state index contributed by atoms with van der Waals surface area (Å²) in [7, 11) is 0. The number of fused-ring (bicyclic) bond motifs is 1. The summed E-state index contributed by atoms with van der Waals surface area (Å²) in [5.41, 5.74) is 2.75. The van der Waals surface area contributed by atoms with Crippen molar-refractivity contribution >= 4 is 23.5 Å². The van der Waals surface area contributed by atoms with Crippen LogP contribution in [0.3, 0.4) is 0 Å². The van der Waals surface area contributed by atoms with E-state index in [0.29, 0.717) is 17.0 Å². The smallest absolute Gasteiger partial charge is 0.262 e. The van der Waals surface area contributed by atoms with E-state index in [0.717, 1.165) is 11.3 Å². The molecule has 2 aromatic carbocycles. The summed E-state index contributed by atoms with van der Waals surface area (Å²) in [5, 5.41) is 6.99. The Balaban J connectivity index is 1.51. The third-order valence-electron chi connectivity index (χ3n) is 3.95. The Morgan fingerprint density at radius 3 is 2.88 bits per heavy atom. The Morgan fingerprint density at radius 1 is 1.19 bits per heavy atom. The number of ether oxygens (including phenoxy) is 1. The van der Waals surface area contributed by atoms with E-state index >= 15 is 0 Å². The highest BCUT2D eigenvalue weighted by molar-refractivity contribution is 6.08. The molecule has 0 unspecified atom stereocenters. The maximum Gasteiger partial charge on any atom is 0.262 e. The van der Waals surface area contributed by atoms with Crippen molar-refractivity contribution in [3.63, 3.8) is 0 Å². The minimum Gasteiger partial charge on any atom is -0.482 e. The average molecular weight is 345 g/mol. The molecule has 0 atom stereocenters. The first-order valence-corrected chi connectivity index (χ1v) is 8.08. The number of ketones is 1. The van der Waals surface area contributed by atoms with Gasteiger partial charge in [0.2, 0.25) is 0 Å². The molecule has 0 bridgehead atoms. The van der Waals surface area contributed by atoms with Gasteiger partial charge >= 0.3 is 0 Å². The molecule has 6 heteroatoms. The number of hydrogen-bond donors (Lipinski definition) is 1. The average Bonchev–Trinajstić information content (AvgIpc) is 3.15. The summed E-state index contributed by atoms with van der Waals surface area (Å²) >= 11 is 0. The summed E-state index contributed by atoms with van der Waals surface area (Å²) in [6, 6.07) is 14.7. The van der Waals surface area contributed by atoms with Crippen LogP contribution in [-0.2, 0) is 4.79 Å². The maximum absolute atomic E-state index is 12.4. The Bertz CT molecular complexity index is 1010. The van der Waals surface area contributed by atoms with E-state index in [1.54, 1.807) is 35.2 Å². The predicted octanol–water partition coefficient (Wildman–Crippen LogP) is 3.10. The van der Waals surface area contributed by atoms with E-state index in [4.69, 9.17) is 4.74 Å². The fraction of sp³-hybridized carbons (Fsp3) is 0.0500. The normalized spacial score (nSPS) is 13.2. The van der Waals surface area contributed by atoms with Crippen molar-refractivity contribution in [1.29, 1.82) is 0 Å². The topological polar surface area (TPSA) is 73.2 Å². The van der Waals surface area contributed by atoms with Crippen molar-refractivity contribution in [2.24, 2.45) is 0 Å². The highest BCUT2D eigenvalue weighted by Crippen LogP contribution is 2.28. The number of hydrogen-bond acceptors (Lipinski definition) is 4. The first-order chi connectivity index (χ1) is 12.7. The van der Waals surface area contributed by atoms with Gasteiger partial charge in [0.1, 0.15) is 5.75 Å². The second kappa shape index (κ2) is 6.68. The van der Waals surface area contributed by atoms with E-state index in [9.17, 15) is 9.59 Å². The van der Waals surface area contributed by atoms with E-state index < -0.39 is 0 Å². The number of anilines is 1. The molecule has 0 fully saturated rings. The zero-order valence-electron chi connectivity index (χ0n) is 13.8. The van der Waals surface area contributed by atoms with Gasteiger partial charge in [0.05, 0.1) is 17.6 Å². The molecule has 3 aromatic rings.